The van der Waals surface area contributed by atoms with Crippen LogP contribution in [0.5, 0.6) is 0 Å². The summed E-state index contributed by atoms with van der Waals surface area (Å²) in [6, 6.07) is 0. The Morgan fingerprint density at radius 2 is 1.20 bits per heavy atom. The Kier molecular flexibility index (Phi) is 14.8. The van der Waals surface area contributed by atoms with Crippen molar-refractivity contribution in [1.82, 2.24) is 0 Å². The molecule has 1 nitrogen and oxygen atoms in total. The molecule has 0 aliphatic carbocycles. The van der Waals surface area contributed by atoms with Gasteiger partial charge in [-0.25, -0.2) is 0 Å². The molecule has 0 heterocycles. The summed E-state index contributed by atoms with van der Waals surface area (Å²) in [4.78, 5) is 10.8. The van der Waals surface area contributed by atoms with Crippen LogP contribution in [0.1, 0.15) is 111 Å². The van der Waals surface area contributed by atoms with Gasteiger partial charge < -0.3 is 4.79 Å². The maximum Gasteiger partial charge on any atom is 0.129 e. The van der Waals surface area contributed by atoms with E-state index in [4.69, 9.17) is 0 Å². The number of Topliss-reactive ketones (excluding diaryl/α,β-unsaturated/α-hetero) is 1. The smallest absolute Gasteiger partial charge is 0.129 e. The molecule has 1 heteroatoms. The summed E-state index contributed by atoms with van der Waals surface area (Å²) in [5.74, 6) is 1.20. The monoisotopic (exact) mass is 282 g/mol. The molecular formula is C19H38O. The van der Waals surface area contributed by atoms with E-state index in [2.05, 4.69) is 13.8 Å². The molecule has 0 fully saturated rings. The fourth-order valence-corrected chi connectivity index (χ4v) is 2.81. The highest BCUT2D eigenvalue weighted by atomic mass is 16.1. The fraction of sp³-hybridized carbons (Fsp3) is 0.947. The molecule has 0 amide bonds. The quantitative estimate of drug-likeness (QED) is 0.306. The summed E-state index contributed by atoms with van der Waals surface area (Å²) in [5.41, 5.74) is 0. The van der Waals surface area contributed by atoms with Crippen molar-refractivity contribution in [2.75, 3.05) is 0 Å². The van der Waals surface area contributed by atoms with Crippen LogP contribution in [0, 0.1) is 5.92 Å². The van der Waals surface area contributed by atoms with Gasteiger partial charge in [0.1, 0.15) is 5.78 Å². The Morgan fingerprint density at radius 3 is 1.70 bits per heavy atom. The van der Waals surface area contributed by atoms with Gasteiger partial charge in [-0.1, -0.05) is 90.9 Å². The second-order valence-electron chi connectivity index (χ2n) is 6.67. The second kappa shape index (κ2) is 15.1. The highest BCUT2D eigenvalue weighted by molar-refractivity contribution is 5.75. The third-order valence-corrected chi connectivity index (χ3v) is 4.28. The van der Waals surface area contributed by atoms with Gasteiger partial charge in [0.05, 0.1) is 0 Å². The SMILES string of the molecule is CCCCCCCCCCCC(C)CCCCC(C)=O. The van der Waals surface area contributed by atoms with Crippen LogP contribution in [0.4, 0.5) is 0 Å². The average Bonchev–Trinajstić information content (AvgIpc) is 2.41. The molecule has 0 saturated carbocycles. The third kappa shape index (κ3) is 15.7. The summed E-state index contributed by atoms with van der Waals surface area (Å²) in [6.45, 7) is 6.35. The van der Waals surface area contributed by atoms with Gasteiger partial charge in [0.25, 0.3) is 0 Å². The predicted octanol–water partition coefficient (Wildman–Crippen LogP) is 6.69. The molecule has 0 aromatic carbocycles. The number of carbonyl (C=O) groups is 1. The van der Waals surface area contributed by atoms with E-state index in [1.165, 1.54) is 77.0 Å². The largest absolute Gasteiger partial charge is 0.300 e. The maximum atomic E-state index is 10.8. The zero-order chi connectivity index (χ0) is 15.1. The van der Waals surface area contributed by atoms with Crippen molar-refractivity contribution in [2.24, 2.45) is 5.92 Å². The van der Waals surface area contributed by atoms with Crippen LogP contribution >= 0.6 is 0 Å². The molecule has 0 radical (unpaired) electrons. The summed E-state index contributed by atoms with van der Waals surface area (Å²) < 4.78 is 0. The molecule has 0 N–H and O–H groups in total. The molecule has 20 heavy (non-hydrogen) atoms. The number of rotatable bonds is 15. The maximum absolute atomic E-state index is 10.8. The predicted molar refractivity (Wildman–Crippen MR) is 90.2 cm³/mol. The second-order valence-corrected chi connectivity index (χ2v) is 6.67. The molecule has 0 saturated heterocycles. The Hall–Kier alpha value is -0.330. The minimum Gasteiger partial charge on any atom is -0.300 e. The lowest BCUT2D eigenvalue weighted by Gasteiger charge is -2.10. The summed E-state index contributed by atoms with van der Waals surface area (Å²) in [5, 5.41) is 0. The van der Waals surface area contributed by atoms with E-state index in [1.54, 1.807) is 6.92 Å². The zero-order valence-electron chi connectivity index (χ0n) is 14.4. The van der Waals surface area contributed by atoms with Crippen molar-refractivity contribution in [1.29, 1.82) is 0 Å². The summed E-state index contributed by atoms with van der Waals surface area (Å²) in [6.07, 6.45) is 18.6. The van der Waals surface area contributed by atoms with Gasteiger partial charge in [0.2, 0.25) is 0 Å². The number of carbonyl (C=O) groups excluding carboxylic acids is 1. The fourth-order valence-electron chi connectivity index (χ4n) is 2.81. The lowest BCUT2D eigenvalue weighted by Crippen LogP contribution is -1.96. The topological polar surface area (TPSA) is 17.1 Å². The first kappa shape index (κ1) is 19.7. The van der Waals surface area contributed by atoms with E-state index in [1.807, 2.05) is 0 Å². The first-order valence-electron chi connectivity index (χ1n) is 9.16. The van der Waals surface area contributed by atoms with Crippen molar-refractivity contribution < 1.29 is 4.79 Å². The minimum atomic E-state index is 0.344. The van der Waals surface area contributed by atoms with E-state index < -0.39 is 0 Å². The van der Waals surface area contributed by atoms with Gasteiger partial charge in [-0.05, 0) is 19.3 Å². The van der Waals surface area contributed by atoms with Crippen LogP contribution in [-0.4, -0.2) is 5.78 Å². The molecule has 1 atom stereocenters. The lowest BCUT2D eigenvalue weighted by molar-refractivity contribution is -0.117. The van der Waals surface area contributed by atoms with Crippen molar-refractivity contribution in [3.8, 4) is 0 Å². The molecule has 0 aromatic rings. The van der Waals surface area contributed by atoms with Crippen LogP contribution in [0.2, 0.25) is 0 Å². The van der Waals surface area contributed by atoms with Gasteiger partial charge in [0.15, 0.2) is 0 Å². The number of ketones is 1. The van der Waals surface area contributed by atoms with Gasteiger partial charge in [0, 0.05) is 6.42 Å². The molecule has 0 aliphatic heterocycles. The van der Waals surface area contributed by atoms with Gasteiger partial charge in [-0.2, -0.15) is 0 Å². The molecule has 0 spiro atoms. The van der Waals surface area contributed by atoms with Gasteiger partial charge >= 0.3 is 0 Å². The van der Waals surface area contributed by atoms with Crippen LogP contribution < -0.4 is 0 Å². The molecule has 1 unspecified atom stereocenters. The number of hydrogen-bond donors (Lipinski definition) is 0. The minimum absolute atomic E-state index is 0.344. The van der Waals surface area contributed by atoms with E-state index >= 15 is 0 Å². The standard InChI is InChI=1S/C19H38O/c1-4-5-6-7-8-9-10-11-12-15-18(2)16-13-14-17-19(3)20/h18H,4-17H2,1-3H3. The van der Waals surface area contributed by atoms with Crippen LogP contribution in [0.15, 0.2) is 0 Å². The number of unbranched alkanes of at least 4 members (excludes halogenated alkanes) is 9. The lowest BCUT2D eigenvalue weighted by atomic mass is 9.96. The van der Waals surface area contributed by atoms with E-state index in [9.17, 15) is 4.79 Å². The van der Waals surface area contributed by atoms with Crippen LogP contribution in [-0.2, 0) is 4.79 Å². The first-order valence-corrected chi connectivity index (χ1v) is 9.16. The highest BCUT2D eigenvalue weighted by Crippen LogP contribution is 2.18. The Balaban J connectivity index is 3.15. The molecular weight excluding hydrogens is 244 g/mol. The number of hydrogen-bond acceptors (Lipinski definition) is 1. The Morgan fingerprint density at radius 1 is 0.750 bits per heavy atom. The Bertz CT molecular complexity index is 210. The molecule has 120 valence electrons. The molecule has 0 aromatic heterocycles. The molecule has 0 rings (SSSR count). The first-order chi connectivity index (χ1) is 9.66. The summed E-state index contributed by atoms with van der Waals surface area (Å²) >= 11 is 0. The van der Waals surface area contributed by atoms with E-state index in [-0.39, 0.29) is 0 Å². The normalized spacial score (nSPS) is 12.6. The zero-order valence-corrected chi connectivity index (χ0v) is 14.4. The van der Waals surface area contributed by atoms with Crippen LogP contribution in [0.25, 0.3) is 0 Å². The van der Waals surface area contributed by atoms with Crippen molar-refractivity contribution in [3.63, 3.8) is 0 Å². The Labute approximate surface area is 127 Å². The average molecular weight is 283 g/mol. The van der Waals surface area contributed by atoms with Crippen LogP contribution in [0.3, 0.4) is 0 Å². The van der Waals surface area contributed by atoms with Gasteiger partial charge in [-0.15, -0.1) is 0 Å². The molecule has 0 aliphatic rings. The van der Waals surface area contributed by atoms with Crippen molar-refractivity contribution >= 4 is 5.78 Å². The summed E-state index contributed by atoms with van der Waals surface area (Å²) in [7, 11) is 0. The third-order valence-electron chi connectivity index (χ3n) is 4.28. The van der Waals surface area contributed by atoms with E-state index in [0.717, 1.165) is 18.8 Å². The van der Waals surface area contributed by atoms with Crippen molar-refractivity contribution in [3.05, 3.63) is 0 Å². The molecule has 0 bridgehead atoms. The highest BCUT2D eigenvalue weighted by Gasteiger charge is 2.02. The van der Waals surface area contributed by atoms with Crippen molar-refractivity contribution in [2.45, 2.75) is 111 Å². The van der Waals surface area contributed by atoms with E-state index in [0.29, 0.717) is 5.78 Å². The van der Waals surface area contributed by atoms with Gasteiger partial charge in [-0.3, -0.25) is 0 Å².